The van der Waals surface area contributed by atoms with Gasteiger partial charge in [0.05, 0.1) is 12.7 Å². The average Bonchev–Trinajstić information content (AvgIpc) is 2.63. The van der Waals surface area contributed by atoms with E-state index in [0.717, 1.165) is 0 Å². The lowest BCUT2D eigenvalue weighted by atomic mass is 9.84. The SMILES string of the molecule is C=C1C(=CC(=O)OCC)CC(O)C2OC(C)(C)OC12. The zero-order chi connectivity index (χ0) is 14.2. The molecular formula is C14H20O5. The fourth-order valence-electron chi connectivity index (χ4n) is 2.47. The summed E-state index contributed by atoms with van der Waals surface area (Å²) in [5, 5.41) is 10.1. The molecule has 1 saturated heterocycles. The topological polar surface area (TPSA) is 65.0 Å². The largest absolute Gasteiger partial charge is 0.463 e. The molecule has 1 aliphatic carbocycles. The summed E-state index contributed by atoms with van der Waals surface area (Å²) in [5.41, 5.74) is 1.34. The lowest BCUT2D eigenvalue weighted by Gasteiger charge is -2.31. The molecule has 19 heavy (non-hydrogen) atoms. The summed E-state index contributed by atoms with van der Waals surface area (Å²) in [4.78, 5) is 11.5. The number of ether oxygens (including phenoxy) is 3. The van der Waals surface area contributed by atoms with E-state index in [0.29, 0.717) is 24.2 Å². The van der Waals surface area contributed by atoms with Crippen LogP contribution in [0.15, 0.2) is 23.8 Å². The summed E-state index contributed by atoms with van der Waals surface area (Å²) >= 11 is 0. The maximum atomic E-state index is 11.5. The van der Waals surface area contributed by atoms with Crippen molar-refractivity contribution in [1.82, 2.24) is 0 Å². The monoisotopic (exact) mass is 268 g/mol. The first-order valence-electron chi connectivity index (χ1n) is 6.44. The predicted octanol–water partition coefficient (Wildman–Crippen LogP) is 1.32. The van der Waals surface area contributed by atoms with Crippen LogP contribution in [0.1, 0.15) is 27.2 Å². The smallest absolute Gasteiger partial charge is 0.331 e. The van der Waals surface area contributed by atoms with E-state index in [2.05, 4.69) is 6.58 Å². The van der Waals surface area contributed by atoms with Crippen LogP contribution in [0.4, 0.5) is 0 Å². The van der Waals surface area contributed by atoms with Crippen LogP contribution < -0.4 is 0 Å². The first kappa shape index (κ1) is 14.2. The molecule has 5 nitrogen and oxygen atoms in total. The average molecular weight is 268 g/mol. The molecule has 1 heterocycles. The van der Waals surface area contributed by atoms with Crippen LogP contribution in [0.3, 0.4) is 0 Å². The molecule has 5 heteroatoms. The van der Waals surface area contributed by atoms with E-state index < -0.39 is 30.1 Å². The normalized spacial score (nSPS) is 35.3. The van der Waals surface area contributed by atoms with E-state index in [9.17, 15) is 9.90 Å². The van der Waals surface area contributed by atoms with Gasteiger partial charge in [0, 0.05) is 12.5 Å². The van der Waals surface area contributed by atoms with Crippen LogP contribution >= 0.6 is 0 Å². The molecule has 1 aliphatic heterocycles. The molecule has 2 rings (SSSR count). The molecule has 1 N–H and O–H groups in total. The molecule has 3 atom stereocenters. The van der Waals surface area contributed by atoms with Gasteiger partial charge in [-0.05, 0) is 31.9 Å². The van der Waals surface area contributed by atoms with E-state index in [-0.39, 0.29) is 0 Å². The van der Waals surface area contributed by atoms with E-state index in [1.54, 1.807) is 20.8 Å². The van der Waals surface area contributed by atoms with Crippen LogP contribution in [0.2, 0.25) is 0 Å². The second kappa shape index (κ2) is 5.07. The van der Waals surface area contributed by atoms with E-state index in [1.807, 2.05) is 0 Å². The maximum absolute atomic E-state index is 11.5. The van der Waals surface area contributed by atoms with Crippen LogP contribution in [0, 0.1) is 0 Å². The summed E-state index contributed by atoms with van der Waals surface area (Å²) < 4.78 is 16.3. The third kappa shape index (κ3) is 2.88. The number of aliphatic hydroxyl groups is 1. The van der Waals surface area contributed by atoms with Crippen molar-refractivity contribution >= 4 is 5.97 Å². The fraction of sp³-hybridized carbons (Fsp3) is 0.643. The molecule has 0 bridgehead atoms. The van der Waals surface area contributed by atoms with Gasteiger partial charge in [-0.3, -0.25) is 0 Å². The van der Waals surface area contributed by atoms with Crippen molar-refractivity contribution in [1.29, 1.82) is 0 Å². The Morgan fingerprint density at radius 3 is 2.89 bits per heavy atom. The standard InChI is InChI=1S/C14H20O5/c1-5-17-11(16)7-9-6-10(15)13-12(8(9)2)18-14(3,4)19-13/h7,10,12-13,15H,2,5-6H2,1,3-4H3. The highest BCUT2D eigenvalue weighted by atomic mass is 16.8. The first-order valence-corrected chi connectivity index (χ1v) is 6.44. The highest BCUT2D eigenvalue weighted by molar-refractivity contribution is 5.84. The molecule has 0 amide bonds. The highest BCUT2D eigenvalue weighted by Crippen LogP contribution is 2.41. The van der Waals surface area contributed by atoms with Crippen molar-refractivity contribution in [2.75, 3.05) is 6.61 Å². The zero-order valence-electron chi connectivity index (χ0n) is 11.5. The van der Waals surface area contributed by atoms with Gasteiger partial charge >= 0.3 is 5.97 Å². The van der Waals surface area contributed by atoms with Gasteiger partial charge in [0.1, 0.15) is 12.2 Å². The van der Waals surface area contributed by atoms with Gasteiger partial charge in [-0.15, -0.1) is 0 Å². The lowest BCUT2D eigenvalue weighted by molar-refractivity contribution is -0.152. The Kier molecular flexibility index (Phi) is 3.80. The van der Waals surface area contributed by atoms with Crippen molar-refractivity contribution in [2.24, 2.45) is 0 Å². The summed E-state index contributed by atoms with van der Waals surface area (Å²) in [6.45, 7) is 9.60. The minimum Gasteiger partial charge on any atom is -0.463 e. The van der Waals surface area contributed by atoms with Gasteiger partial charge in [-0.1, -0.05) is 6.58 Å². The van der Waals surface area contributed by atoms with Gasteiger partial charge in [-0.2, -0.15) is 0 Å². The van der Waals surface area contributed by atoms with E-state index in [1.165, 1.54) is 6.08 Å². The van der Waals surface area contributed by atoms with Gasteiger partial charge in [0.2, 0.25) is 0 Å². The van der Waals surface area contributed by atoms with Crippen LogP contribution in [0.25, 0.3) is 0 Å². The number of rotatable bonds is 2. The van der Waals surface area contributed by atoms with Crippen molar-refractivity contribution in [3.63, 3.8) is 0 Å². The lowest BCUT2D eigenvalue weighted by Crippen LogP contribution is -2.41. The Morgan fingerprint density at radius 2 is 2.26 bits per heavy atom. The van der Waals surface area contributed by atoms with Gasteiger partial charge in [0.15, 0.2) is 5.79 Å². The number of esters is 1. The molecule has 2 aliphatic rings. The Bertz CT molecular complexity index is 424. The molecular weight excluding hydrogens is 248 g/mol. The molecule has 106 valence electrons. The van der Waals surface area contributed by atoms with Gasteiger partial charge < -0.3 is 19.3 Å². The third-order valence-corrected chi connectivity index (χ3v) is 3.27. The Labute approximate surface area is 112 Å². The first-order chi connectivity index (χ1) is 8.84. The number of hydrogen-bond acceptors (Lipinski definition) is 5. The molecule has 2 fully saturated rings. The van der Waals surface area contributed by atoms with E-state index in [4.69, 9.17) is 14.2 Å². The molecule has 0 spiro atoms. The van der Waals surface area contributed by atoms with E-state index >= 15 is 0 Å². The number of fused-ring (bicyclic) bond motifs is 1. The molecule has 0 aromatic heterocycles. The maximum Gasteiger partial charge on any atom is 0.331 e. The van der Waals surface area contributed by atoms with Gasteiger partial charge in [0.25, 0.3) is 0 Å². The van der Waals surface area contributed by atoms with Crippen LogP contribution in [0.5, 0.6) is 0 Å². The highest BCUT2D eigenvalue weighted by Gasteiger charge is 2.49. The van der Waals surface area contributed by atoms with Crippen molar-refractivity contribution < 1.29 is 24.1 Å². The zero-order valence-corrected chi connectivity index (χ0v) is 11.5. The van der Waals surface area contributed by atoms with Crippen molar-refractivity contribution in [3.05, 3.63) is 23.8 Å². The molecule has 0 aromatic rings. The second-order valence-corrected chi connectivity index (χ2v) is 5.24. The molecule has 0 radical (unpaired) electrons. The minimum absolute atomic E-state index is 0.316. The number of carbonyl (C=O) groups excluding carboxylic acids is 1. The summed E-state index contributed by atoms with van der Waals surface area (Å²) in [6.07, 6.45) is 0.136. The number of carbonyl (C=O) groups is 1. The van der Waals surface area contributed by atoms with Gasteiger partial charge in [-0.25, -0.2) is 4.79 Å². The fourth-order valence-corrected chi connectivity index (χ4v) is 2.47. The van der Waals surface area contributed by atoms with Crippen molar-refractivity contribution in [3.8, 4) is 0 Å². The Hall–Kier alpha value is -1.17. The quantitative estimate of drug-likeness (QED) is 0.604. The molecule has 1 saturated carbocycles. The minimum atomic E-state index is -0.751. The Balaban J connectivity index is 2.19. The summed E-state index contributed by atoms with van der Waals surface area (Å²) in [7, 11) is 0. The summed E-state index contributed by atoms with van der Waals surface area (Å²) in [6, 6.07) is 0. The predicted molar refractivity (Wildman–Crippen MR) is 68.3 cm³/mol. The third-order valence-electron chi connectivity index (χ3n) is 3.27. The second-order valence-electron chi connectivity index (χ2n) is 5.24. The number of hydrogen-bond donors (Lipinski definition) is 1. The van der Waals surface area contributed by atoms with Crippen molar-refractivity contribution in [2.45, 2.75) is 51.3 Å². The molecule has 3 unspecified atom stereocenters. The summed E-state index contributed by atoms with van der Waals surface area (Å²) in [5.74, 6) is -1.18. The van der Waals surface area contributed by atoms with Crippen LogP contribution in [-0.4, -0.2) is 41.8 Å². The molecule has 0 aromatic carbocycles. The Morgan fingerprint density at radius 1 is 1.58 bits per heavy atom. The van der Waals surface area contributed by atoms with Crippen LogP contribution in [-0.2, 0) is 19.0 Å². The number of aliphatic hydroxyl groups excluding tert-OH is 1.